The SMILES string of the molecule is CC1CCC(OC2CCCO2)OC1. The van der Waals surface area contributed by atoms with E-state index in [1.807, 2.05) is 0 Å². The van der Waals surface area contributed by atoms with Crippen molar-refractivity contribution < 1.29 is 14.2 Å². The summed E-state index contributed by atoms with van der Waals surface area (Å²) in [5.74, 6) is 0.685. The Morgan fingerprint density at radius 3 is 2.54 bits per heavy atom. The van der Waals surface area contributed by atoms with E-state index >= 15 is 0 Å². The van der Waals surface area contributed by atoms with Gasteiger partial charge in [0.1, 0.15) is 0 Å². The predicted molar refractivity (Wildman–Crippen MR) is 48.2 cm³/mol. The largest absolute Gasteiger partial charge is 0.353 e. The van der Waals surface area contributed by atoms with Crippen LogP contribution in [0, 0.1) is 5.92 Å². The summed E-state index contributed by atoms with van der Waals surface area (Å²) in [7, 11) is 0. The molecular weight excluding hydrogens is 168 g/mol. The van der Waals surface area contributed by atoms with E-state index < -0.39 is 0 Å². The summed E-state index contributed by atoms with van der Waals surface area (Å²) in [6, 6.07) is 0. The minimum Gasteiger partial charge on any atom is -0.353 e. The van der Waals surface area contributed by atoms with Gasteiger partial charge in [-0.25, -0.2) is 0 Å². The van der Waals surface area contributed by atoms with Gasteiger partial charge in [-0.1, -0.05) is 6.92 Å². The number of hydrogen-bond donors (Lipinski definition) is 0. The Morgan fingerprint density at radius 1 is 1.08 bits per heavy atom. The standard InChI is InChI=1S/C10H18O3/c1-8-4-5-10(12-7-8)13-9-3-2-6-11-9/h8-10H,2-7H2,1H3. The van der Waals surface area contributed by atoms with E-state index in [0.29, 0.717) is 5.92 Å². The van der Waals surface area contributed by atoms with Crippen molar-refractivity contribution in [2.45, 2.75) is 45.2 Å². The Bertz CT molecular complexity index is 146. The molecule has 2 heterocycles. The maximum atomic E-state index is 5.66. The van der Waals surface area contributed by atoms with E-state index in [0.717, 1.165) is 32.5 Å². The van der Waals surface area contributed by atoms with E-state index in [-0.39, 0.29) is 12.6 Å². The third kappa shape index (κ3) is 2.66. The average Bonchev–Trinajstić information content (AvgIpc) is 2.62. The van der Waals surface area contributed by atoms with E-state index in [1.54, 1.807) is 0 Å². The molecule has 2 rings (SSSR count). The quantitative estimate of drug-likeness (QED) is 0.659. The van der Waals surface area contributed by atoms with Crippen molar-refractivity contribution in [2.75, 3.05) is 13.2 Å². The highest BCUT2D eigenvalue weighted by atomic mass is 16.8. The number of ether oxygens (including phenoxy) is 3. The minimum atomic E-state index is -0.0145. The zero-order valence-electron chi connectivity index (χ0n) is 8.20. The van der Waals surface area contributed by atoms with E-state index in [1.165, 1.54) is 6.42 Å². The van der Waals surface area contributed by atoms with E-state index in [9.17, 15) is 0 Å². The smallest absolute Gasteiger partial charge is 0.160 e. The van der Waals surface area contributed by atoms with Gasteiger partial charge in [0.2, 0.25) is 0 Å². The fourth-order valence-electron chi connectivity index (χ4n) is 1.79. The molecule has 2 aliphatic rings. The first-order chi connectivity index (χ1) is 6.34. The lowest BCUT2D eigenvalue weighted by Gasteiger charge is -2.28. The number of rotatable bonds is 2. The molecule has 3 atom stereocenters. The van der Waals surface area contributed by atoms with Crippen LogP contribution in [0.3, 0.4) is 0 Å². The molecule has 2 aliphatic heterocycles. The maximum absolute atomic E-state index is 5.66. The first kappa shape index (κ1) is 9.44. The van der Waals surface area contributed by atoms with Crippen LogP contribution in [0.1, 0.15) is 32.6 Å². The van der Waals surface area contributed by atoms with Crippen molar-refractivity contribution in [3.8, 4) is 0 Å². The molecule has 3 unspecified atom stereocenters. The Hall–Kier alpha value is -0.120. The van der Waals surface area contributed by atoms with Gasteiger partial charge >= 0.3 is 0 Å². The lowest BCUT2D eigenvalue weighted by molar-refractivity contribution is -0.247. The molecule has 3 nitrogen and oxygen atoms in total. The molecule has 0 bridgehead atoms. The highest BCUT2D eigenvalue weighted by molar-refractivity contribution is 4.63. The van der Waals surface area contributed by atoms with E-state index in [2.05, 4.69) is 6.92 Å². The Labute approximate surface area is 79.4 Å². The molecule has 3 heteroatoms. The Kier molecular flexibility index (Phi) is 3.19. The lowest BCUT2D eigenvalue weighted by atomic mass is 10.0. The highest BCUT2D eigenvalue weighted by Crippen LogP contribution is 2.23. The van der Waals surface area contributed by atoms with Gasteiger partial charge in [-0.15, -0.1) is 0 Å². The van der Waals surface area contributed by atoms with Crippen LogP contribution in [0.2, 0.25) is 0 Å². The molecular formula is C10H18O3. The second-order valence-corrected chi connectivity index (χ2v) is 4.02. The average molecular weight is 186 g/mol. The summed E-state index contributed by atoms with van der Waals surface area (Å²) in [6.07, 6.45) is 4.35. The van der Waals surface area contributed by atoms with Gasteiger partial charge < -0.3 is 14.2 Å². The molecule has 0 aromatic heterocycles. The van der Waals surface area contributed by atoms with Crippen LogP contribution in [0.25, 0.3) is 0 Å². The third-order valence-electron chi connectivity index (χ3n) is 2.65. The second-order valence-electron chi connectivity index (χ2n) is 4.02. The van der Waals surface area contributed by atoms with E-state index in [4.69, 9.17) is 14.2 Å². The molecule has 0 spiro atoms. The normalized spacial score (nSPS) is 40.8. The molecule has 0 radical (unpaired) electrons. The van der Waals surface area contributed by atoms with Crippen LogP contribution < -0.4 is 0 Å². The van der Waals surface area contributed by atoms with Gasteiger partial charge in [-0.2, -0.15) is 0 Å². The molecule has 0 aromatic rings. The first-order valence-electron chi connectivity index (χ1n) is 5.23. The molecule has 76 valence electrons. The predicted octanol–water partition coefficient (Wildman–Crippen LogP) is 1.91. The van der Waals surface area contributed by atoms with Crippen LogP contribution in [0.5, 0.6) is 0 Å². The van der Waals surface area contributed by atoms with Crippen LogP contribution >= 0.6 is 0 Å². The van der Waals surface area contributed by atoms with Crippen molar-refractivity contribution in [1.82, 2.24) is 0 Å². The Balaban J connectivity index is 1.69. The fraction of sp³-hybridized carbons (Fsp3) is 1.00. The van der Waals surface area contributed by atoms with Gasteiger partial charge in [0.05, 0.1) is 6.61 Å². The first-order valence-corrected chi connectivity index (χ1v) is 5.23. The monoisotopic (exact) mass is 186 g/mol. The van der Waals surface area contributed by atoms with Crippen molar-refractivity contribution in [3.05, 3.63) is 0 Å². The van der Waals surface area contributed by atoms with Crippen LogP contribution in [-0.2, 0) is 14.2 Å². The zero-order chi connectivity index (χ0) is 9.10. The summed E-state index contributed by atoms with van der Waals surface area (Å²) in [4.78, 5) is 0. The molecule has 0 N–H and O–H groups in total. The zero-order valence-corrected chi connectivity index (χ0v) is 8.20. The molecule has 2 fully saturated rings. The van der Waals surface area contributed by atoms with Crippen LogP contribution in [0.4, 0.5) is 0 Å². The van der Waals surface area contributed by atoms with Crippen LogP contribution in [-0.4, -0.2) is 25.8 Å². The minimum absolute atomic E-state index is 0.00148. The van der Waals surface area contributed by atoms with Crippen molar-refractivity contribution in [3.63, 3.8) is 0 Å². The summed E-state index contributed by atoms with van der Waals surface area (Å²) in [5, 5.41) is 0. The van der Waals surface area contributed by atoms with Crippen molar-refractivity contribution in [2.24, 2.45) is 5.92 Å². The third-order valence-corrected chi connectivity index (χ3v) is 2.65. The van der Waals surface area contributed by atoms with Gasteiger partial charge in [0.15, 0.2) is 12.6 Å². The van der Waals surface area contributed by atoms with Crippen molar-refractivity contribution >= 4 is 0 Å². The summed E-state index contributed by atoms with van der Waals surface area (Å²) < 4.78 is 16.6. The summed E-state index contributed by atoms with van der Waals surface area (Å²) >= 11 is 0. The Morgan fingerprint density at radius 2 is 1.92 bits per heavy atom. The highest BCUT2D eigenvalue weighted by Gasteiger charge is 2.24. The number of hydrogen-bond acceptors (Lipinski definition) is 3. The fourth-order valence-corrected chi connectivity index (χ4v) is 1.79. The van der Waals surface area contributed by atoms with Crippen LogP contribution in [0.15, 0.2) is 0 Å². The molecule has 0 aliphatic carbocycles. The molecule has 13 heavy (non-hydrogen) atoms. The molecule has 2 saturated heterocycles. The lowest BCUT2D eigenvalue weighted by Crippen LogP contribution is -2.30. The van der Waals surface area contributed by atoms with Gasteiger partial charge in [-0.05, 0) is 25.2 Å². The van der Waals surface area contributed by atoms with Gasteiger partial charge in [-0.3, -0.25) is 0 Å². The molecule has 0 saturated carbocycles. The van der Waals surface area contributed by atoms with Crippen molar-refractivity contribution in [1.29, 1.82) is 0 Å². The maximum Gasteiger partial charge on any atom is 0.160 e. The van der Waals surface area contributed by atoms with Gasteiger partial charge in [0.25, 0.3) is 0 Å². The second kappa shape index (κ2) is 4.40. The molecule has 0 aromatic carbocycles. The summed E-state index contributed by atoms with van der Waals surface area (Å²) in [5.41, 5.74) is 0. The summed E-state index contributed by atoms with van der Waals surface area (Å²) in [6.45, 7) is 3.88. The molecule has 0 amide bonds. The van der Waals surface area contributed by atoms with Gasteiger partial charge in [0, 0.05) is 13.0 Å². The topological polar surface area (TPSA) is 27.7 Å².